The maximum absolute atomic E-state index is 12.0. The van der Waals surface area contributed by atoms with Gasteiger partial charge in [-0.2, -0.15) is 5.10 Å². The van der Waals surface area contributed by atoms with Crippen LogP contribution in [0.1, 0.15) is 16.1 Å². The van der Waals surface area contributed by atoms with Crippen LogP contribution in [0, 0.1) is 6.92 Å². The molecule has 0 radical (unpaired) electrons. The van der Waals surface area contributed by atoms with E-state index in [1.165, 1.54) is 18.3 Å². The first-order valence-electron chi connectivity index (χ1n) is 5.53. The Balaban J connectivity index is 2.36. The lowest BCUT2D eigenvalue weighted by Gasteiger charge is -2.10. The van der Waals surface area contributed by atoms with E-state index < -0.39 is 15.9 Å². The van der Waals surface area contributed by atoms with Crippen LogP contribution in [0.15, 0.2) is 29.3 Å². The minimum atomic E-state index is -3.85. The topological polar surface area (TPSA) is 144 Å². The van der Waals surface area contributed by atoms with Crippen LogP contribution in [0.5, 0.6) is 0 Å². The smallest absolute Gasteiger partial charge is 0.275 e. The van der Waals surface area contributed by atoms with Crippen molar-refractivity contribution in [3.63, 3.8) is 0 Å². The molecule has 0 aliphatic heterocycles. The van der Waals surface area contributed by atoms with Crippen LogP contribution >= 0.6 is 0 Å². The quantitative estimate of drug-likeness (QED) is 0.639. The maximum atomic E-state index is 12.0. The Morgan fingerprint density at radius 3 is 2.65 bits per heavy atom. The van der Waals surface area contributed by atoms with Gasteiger partial charge < -0.3 is 11.1 Å². The van der Waals surface area contributed by atoms with E-state index in [1.807, 2.05) is 0 Å². The molecule has 6 N–H and O–H groups in total. The van der Waals surface area contributed by atoms with Gasteiger partial charge in [-0.3, -0.25) is 9.89 Å². The number of anilines is 2. The van der Waals surface area contributed by atoms with Crippen molar-refractivity contribution < 1.29 is 13.2 Å². The van der Waals surface area contributed by atoms with Crippen LogP contribution in [-0.2, 0) is 10.0 Å². The molecular weight excluding hydrogens is 282 g/mol. The third-order valence-electron chi connectivity index (χ3n) is 2.73. The van der Waals surface area contributed by atoms with E-state index in [4.69, 9.17) is 10.9 Å². The van der Waals surface area contributed by atoms with E-state index in [2.05, 4.69) is 15.5 Å². The number of benzene rings is 1. The van der Waals surface area contributed by atoms with Gasteiger partial charge in [-0.25, -0.2) is 13.6 Å². The number of aromatic amines is 1. The molecule has 1 heterocycles. The molecule has 0 fully saturated rings. The normalized spacial score (nSPS) is 11.3. The van der Waals surface area contributed by atoms with Crippen LogP contribution in [0.25, 0.3) is 0 Å². The standard InChI is InChI=1S/C11H13N5O3S/c1-6-8(3-2-4-9(6)20(13,18)19)15-11(17)10-7(12)5-14-16-10/h2-5H,12H2,1H3,(H,14,16)(H,15,17)(H2,13,18,19). The zero-order valence-electron chi connectivity index (χ0n) is 10.5. The fourth-order valence-corrected chi connectivity index (χ4v) is 2.53. The summed E-state index contributed by atoms with van der Waals surface area (Å²) in [5.74, 6) is -0.519. The molecule has 0 unspecified atom stereocenters. The number of carbonyl (C=O) groups excluding carboxylic acids is 1. The molecular formula is C11H13N5O3S. The summed E-state index contributed by atoms with van der Waals surface area (Å²) in [5.41, 5.74) is 6.54. The number of amides is 1. The summed E-state index contributed by atoms with van der Waals surface area (Å²) in [7, 11) is -3.85. The summed E-state index contributed by atoms with van der Waals surface area (Å²) in [6.45, 7) is 1.55. The van der Waals surface area contributed by atoms with Gasteiger partial charge >= 0.3 is 0 Å². The fourth-order valence-electron chi connectivity index (χ4n) is 1.72. The highest BCUT2D eigenvalue weighted by Crippen LogP contribution is 2.22. The first-order chi connectivity index (χ1) is 9.30. The number of sulfonamides is 1. The molecule has 9 heteroatoms. The molecule has 8 nitrogen and oxygen atoms in total. The highest BCUT2D eigenvalue weighted by Gasteiger charge is 2.17. The molecule has 1 aromatic heterocycles. The number of nitrogens with two attached hydrogens (primary N) is 2. The van der Waals surface area contributed by atoms with Crippen molar-refractivity contribution in [1.29, 1.82) is 0 Å². The molecule has 0 bridgehead atoms. The molecule has 0 saturated carbocycles. The first-order valence-corrected chi connectivity index (χ1v) is 7.08. The molecule has 0 atom stereocenters. The van der Waals surface area contributed by atoms with E-state index in [0.29, 0.717) is 11.3 Å². The largest absolute Gasteiger partial charge is 0.396 e. The van der Waals surface area contributed by atoms with Gasteiger partial charge in [-0.05, 0) is 24.6 Å². The van der Waals surface area contributed by atoms with Gasteiger partial charge in [-0.15, -0.1) is 0 Å². The highest BCUT2D eigenvalue weighted by atomic mass is 32.2. The van der Waals surface area contributed by atoms with Crippen molar-refractivity contribution in [2.24, 2.45) is 5.14 Å². The molecule has 2 aromatic rings. The average molecular weight is 295 g/mol. The lowest BCUT2D eigenvalue weighted by atomic mass is 10.2. The molecule has 1 aromatic carbocycles. The summed E-state index contributed by atoms with van der Waals surface area (Å²) < 4.78 is 22.8. The predicted molar refractivity (Wildman–Crippen MR) is 73.5 cm³/mol. The lowest BCUT2D eigenvalue weighted by Crippen LogP contribution is -2.18. The number of aromatic nitrogens is 2. The Bertz CT molecular complexity index is 766. The molecule has 2 rings (SSSR count). The van der Waals surface area contributed by atoms with Crippen molar-refractivity contribution in [1.82, 2.24) is 10.2 Å². The van der Waals surface area contributed by atoms with Crippen molar-refractivity contribution in [3.05, 3.63) is 35.7 Å². The Kier molecular flexibility index (Phi) is 3.47. The van der Waals surface area contributed by atoms with Crippen LogP contribution in [0.2, 0.25) is 0 Å². The number of rotatable bonds is 3. The number of hydrogen-bond donors (Lipinski definition) is 4. The molecule has 0 saturated heterocycles. The van der Waals surface area contributed by atoms with Crippen LogP contribution in [0.4, 0.5) is 11.4 Å². The number of primary sulfonamides is 1. The third kappa shape index (κ3) is 2.63. The molecule has 1 amide bonds. The summed E-state index contributed by atoms with van der Waals surface area (Å²) in [5, 5.41) is 13.8. The van der Waals surface area contributed by atoms with Crippen molar-refractivity contribution >= 4 is 27.3 Å². The lowest BCUT2D eigenvalue weighted by molar-refractivity contribution is 0.102. The van der Waals surface area contributed by atoms with E-state index in [0.717, 1.165) is 0 Å². The van der Waals surface area contributed by atoms with Gasteiger partial charge in [0.15, 0.2) is 0 Å². The van der Waals surface area contributed by atoms with Crippen molar-refractivity contribution in [2.45, 2.75) is 11.8 Å². The predicted octanol–water partition coefficient (Wildman–Crippen LogP) is 0.200. The van der Waals surface area contributed by atoms with E-state index in [9.17, 15) is 13.2 Å². The van der Waals surface area contributed by atoms with Crippen LogP contribution in [0.3, 0.4) is 0 Å². The summed E-state index contributed by atoms with van der Waals surface area (Å²) in [6, 6.07) is 4.41. The minimum absolute atomic E-state index is 0.0483. The summed E-state index contributed by atoms with van der Waals surface area (Å²) >= 11 is 0. The molecule has 0 aliphatic rings. The van der Waals surface area contributed by atoms with Crippen LogP contribution in [-0.4, -0.2) is 24.5 Å². The van der Waals surface area contributed by atoms with E-state index in [1.54, 1.807) is 13.0 Å². The Hall–Kier alpha value is -2.39. The van der Waals surface area contributed by atoms with Gasteiger partial charge in [0, 0.05) is 5.69 Å². The maximum Gasteiger partial charge on any atom is 0.275 e. The van der Waals surface area contributed by atoms with Crippen molar-refractivity contribution in [2.75, 3.05) is 11.1 Å². The molecule has 106 valence electrons. The van der Waals surface area contributed by atoms with E-state index >= 15 is 0 Å². The Morgan fingerprint density at radius 1 is 1.40 bits per heavy atom. The number of H-pyrrole nitrogens is 1. The van der Waals surface area contributed by atoms with Crippen LogP contribution < -0.4 is 16.2 Å². The zero-order valence-corrected chi connectivity index (χ0v) is 11.4. The number of nitrogen functional groups attached to an aromatic ring is 1. The first kappa shape index (κ1) is 14.0. The zero-order chi connectivity index (χ0) is 14.9. The van der Waals surface area contributed by atoms with Crippen molar-refractivity contribution in [3.8, 4) is 0 Å². The molecule has 20 heavy (non-hydrogen) atoms. The monoisotopic (exact) mass is 295 g/mol. The second-order valence-electron chi connectivity index (χ2n) is 4.13. The average Bonchev–Trinajstić information content (AvgIpc) is 2.76. The Labute approximate surface area is 115 Å². The second kappa shape index (κ2) is 4.94. The number of carbonyl (C=O) groups is 1. The van der Waals surface area contributed by atoms with Gasteiger partial charge in [0.25, 0.3) is 5.91 Å². The SMILES string of the molecule is Cc1c(NC(=O)c2[nH]ncc2N)cccc1S(N)(=O)=O. The van der Waals surface area contributed by atoms with Gasteiger partial charge in [0.1, 0.15) is 5.69 Å². The number of hydrogen-bond acceptors (Lipinski definition) is 5. The number of nitrogens with zero attached hydrogens (tertiary/aromatic N) is 1. The van der Waals surface area contributed by atoms with Gasteiger partial charge in [-0.1, -0.05) is 6.07 Å². The fraction of sp³-hybridized carbons (Fsp3) is 0.0909. The van der Waals surface area contributed by atoms with Gasteiger partial charge in [0.2, 0.25) is 10.0 Å². The third-order valence-corrected chi connectivity index (χ3v) is 3.79. The number of nitrogens with one attached hydrogen (secondary N) is 2. The molecule has 0 spiro atoms. The minimum Gasteiger partial charge on any atom is -0.396 e. The highest BCUT2D eigenvalue weighted by molar-refractivity contribution is 7.89. The van der Waals surface area contributed by atoms with E-state index in [-0.39, 0.29) is 16.3 Å². The summed E-state index contributed by atoms with van der Waals surface area (Å²) in [4.78, 5) is 11.9. The van der Waals surface area contributed by atoms with Gasteiger partial charge in [0.05, 0.1) is 16.8 Å². The Morgan fingerprint density at radius 2 is 2.10 bits per heavy atom. The second-order valence-corrected chi connectivity index (χ2v) is 5.66. The molecule has 0 aliphatic carbocycles. The summed E-state index contributed by atoms with van der Waals surface area (Å²) in [6.07, 6.45) is 1.31.